The van der Waals surface area contributed by atoms with Gasteiger partial charge in [0.2, 0.25) is 5.88 Å². The van der Waals surface area contributed by atoms with Crippen LogP contribution in [0.3, 0.4) is 0 Å². The van der Waals surface area contributed by atoms with Gasteiger partial charge >= 0.3 is 0 Å². The Morgan fingerprint density at radius 2 is 2.22 bits per heavy atom. The maximum absolute atomic E-state index is 5.22. The van der Waals surface area contributed by atoms with Gasteiger partial charge in [0.1, 0.15) is 5.69 Å². The molecular weight excluding hydrogens is 228 g/mol. The fourth-order valence-electron chi connectivity index (χ4n) is 2.41. The van der Waals surface area contributed by atoms with Crippen LogP contribution in [0.4, 0.5) is 0 Å². The van der Waals surface area contributed by atoms with Crippen LogP contribution in [-0.4, -0.2) is 48.2 Å². The summed E-state index contributed by atoms with van der Waals surface area (Å²) in [5.41, 5.74) is 0.901. The van der Waals surface area contributed by atoms with E-state index in [1.54, 1.807) is 19.5 Å². The maximum atomic E-state index is 5.22. The molecule has 18 heavy (non-hydrogen) atoms. The van der Waals surface area contributed by atoms with E-state index in [1.807, 2.05) is 0 Å². The molecule has 1 saturated heterocycles. The summed E-state index contributed by atoms with van der Waals surface area (Å²) in [6.45, 7) is 2.96. The zero-order valence-electron chi connectivity index (χ0n) is 11.2. The van der Waals surface area contributed by atoms with E-state index in [0.717, 1.165) is 25.3 Å². The largest absolute Gasteiger partial charge is 0.480 e. The predicted molar refractivity (Wildman–Crippen MR) is 70.6 cm³/mol. The first-order valence-electron chi connectivity index (χ1n) is 6.55. The molecule has 1 aromatic rings. The lowest BCUT2D eigenvalue weighted by Crippen LogP contribution is -2.42. The SMILES string of the molecule is COc1nccnc1CN(C)CC1CCCCN1. The van der Waals surface area contributed by atoms with Gasteiger partial charge in [-0.25, -0.2) is 4.98 Å². The van der Waals surface area contributed by atoms with Gasteiger partial charge in [-0.3, -0.25) is 9.88 Å². The summed E-state index contributed by atoms with van der Waals surface area (Å²) >= 11 is 0. The highest BCUT2D eigenvalue weighted by Crippen LogP contribution is 2.14. The molecule has 0 saturated carbocycles. The summed E-state index contributed by atoms with van der Waals surface area (Å²) in [5.74, 6) is 0.626. The molecular formula is C13H22N4O. The first kappa shape index (κ1) is 13.2. The van der Waals surface area contributed by atoms with Gasteiger partial charge < -0.3 is 10.1 Å². The van der Waals surface area contributed by atoms with Crippen molar-refractivity contribution < 1.29 is 4.74 Å². The number of hydrogen-bond donors (Lipinski definition) is 1. The third-order valence-electron chi connectivity index (χ3n) is 3.29. The molecule has 0 aliphatic carbocycles. The van der Waals surface area contributed by atoms with E-state index in [9.17, 15) is 0 Å². The molecule has 100 valence electrons. The molecule has 5 nitrogen and oxygen atoms in total. The molecule has 1 atom stereocenters. The average Bonchev–Trinajstić information content (AvgIpc) is 2.40. The van der Waals surface area contributed by atoms with Crippen LogP contribution in [-0.2, 0) is 6.54 Å². The summed E-state index contributed by atoms with van der Waals surface area (Å²) in [7, 11) is 3.75. The van der Waals surface area contributed by atoms with E-state index < -0.39 is 0 Å². The molecule has 0 radical (unpaired) electrons. The van der Waals surface area contributed by atoms with Gasteiger partial charge in [0.25, 0.3) is 0 Å². The van der Waals surface area contributed by atoms with Crippen molar-refractivity contribution in [3.63, 3.8) is 0 Å². The Bertz CT molecular complexity index is 366. The van der Waals surface area contributed by atoms with Crippen molar-refractivity contribution in [1.29, 1.82) is 0 Å². The van der Waals surface area contributed by atoms with Crippen LogP contribution in [0.25, 0.3) is 0 Å². The highest BCUT2D eigenvalue weighted by atomic mass is 16.5. The number of nitrogens with zero attached hydrogens (tertiary/aromatic N) is 3. The minimum atomic E-state index is 0.603. The monoisotopic (exact) mass is 250 g/mol. The molecule has 2 heterocycles. The number of nitrogens with one attached hydrogen (secondary N) is 1. The third-order valence-corrected chi connectivity index (χ3v) is 3.29. The highest BCUT2D eigenvalue weighted by Gasteiger charge is 2.16. The third kappa shape index (κ3) is 3.65. The van der Waals surface area contributed by atoms with Crippen LogP contribution in [0.2, 0.25) is 0 Å². The molecule has 0 amide bonds. The number of methoxy groups -OCH3 is 1. The van der Waals surface area contributed by atoms with Gasteiger partial charge in [0, 0.05) is 31.5 Å². The number of ether oxygens (including phenoxy) is 1. The summed E-state index contributed by atoms with van der Waals surface area (Å²) in [5, 5.41) is 3.56. The fourth-order valence-corrected chi connectivity index (χ4v) is 2.41. The molecule has 1 unspecified atom stereocenters. The van der Waals surface area contributed by atoms with Crippen molar-refractivity contribution >= 4 is 0 Å². The predicted octanol–water partition coefficient (Wildman–Crippen LogP) is 1.06. The molecule has 1 N–H and O–H groups in total. The van der Waals surface area contributed by atoms with Crippen LogP contribution in [0.1, 0.15) is 25.0 Å². The lowest BCUT2D eigenvalue weighted by Gasteiger charge is -2.28. The summed E-state index contributed by atoms with van der Waals surface area (Å²) in [6, 6.07) is 0.603. The lowest BCUT2D eigenvalue weighted by atomic mass is 10.0. The second kappa shape index (κ2) is 6.66. The molecule has 5 heteroatoms. The number of likely N-dealkylation sites (N-methyl/N-ethyl adjacent to an activating group) is 1. The zero-order chi connectivity index (χ0) is 12.8. The van der Waals surface area contributed by atoms with E-state index in [0.29, 0.717) is 11.9 Å². The van der Waals surface area contributed by atoms with Crippen molar-refractivity contribution in [3.8, 4) is 5.88 Å². The van der Waals surface area contributed by atoms with E-state index in [-0.39, 0.29) is 0 Å². The minimum absolute atomic E-state index is 0.603. The molecule has 0 bridgehead atoms. The van der Waals surface area contributed by atoms with Gasteiger partial charge in [-0.05, 0) is 26.4 Å². The number of rotatable bonds is 5. The number of piperidine rings is 1. The Balaban J connectivity index is 1.87. The Kier molecular flexibility index (Phi) is 4.90. The quantitative estimate of drug-likeness (QED) is 0.847. The fraction of sp³-hybridized carbons (Fsp3) is 0.692. The number of aromatic nitrogens is 2. The first-order valence-corrected chi connectivity index (χ1v) is 6.55. The van der Waals surface area contributed by atoms with E-state index in [2.05, 4.69) is 27.2 Å². The molecule has 2 rings (SSSR count). The van der Waals surface area contributed by atoms with Crippen LogP contribution in [0, 0.1) is 0 Å². The van der Waals surface area contributed by atoms with Crippen LogP contribution in [0.5, 0.6) is 5.88 Å². The zero-order valence-corrected chi connectivity index (χ0v) is 11.2. The summed E-state index contributed by atoms with van der Waals surface area (Å²) in [4.78, 5) is 10.8. The maximum Gasteiger partial charge on any atom is 0.236 e. The summed E-state index contributed by atoms with van der Waals surface area (Å²) < 4.78 is 5.22. The smallest absolute Gasteiger partial charge is 0.236 e. The second-order valence-corrected chi connectivity index (χ2v) is 4.86. The van der Waals surface area contributed by atoms with Crippen molar-refractivity contribution in [3.05, 3.63) is 18.1 Å². The first-order chi connectivity index (χ1) is 8.79. The minimum Gasteiger partial charge on any atom is -0.480 e. The molecule has 1 aliphatic heterocycles. The van der Waals surface area contributed by atoms with Crippen molar-refractivity contribution in [2.75, 3.05) is 27.2 Å². The Labute approximate surface area is 109 Å². The van der Waals surface area contributed by atoms with E-state index in [1.165, 1.54) is 19.3 Å². The Hall–Kier alpha value is -1.20. The van der Waals surface area contributed by atoms with Crippen LogP contribution < -0.4 is 10.1 Å². The Morgan fingerprint density at radius 1 is 1.39 bits per heavy atom. The van der Waals surface area contributed by atoms with Crippen molar-refractivity contribution in [1.82, 2.24) is 20.2 Å². The summed E-state index contributed by atoms with van der Waals surface area (Å²) in [6.07, 6.45) is 7.27. The van der Waals surface area contributed by atoms with Crippen LogP contribution >= 0.6 is 0 Å². The standard InChI is InChI=1S/C13H22N4O/c1-17(9-11-5-3-4-6-14-11)10-12-13(18-2)16-8-7-15-12/h7-8,11,14H,3-6,9-10H2,1-2H3. The molecule has 1 fully saturated rings. The van der Waals surface area contributed by atoms with Crippen molar-refractivity contribution in [2.24, 2.45) is 0 Å². The molecule has 0 spiro atoms. The topological polar surface area (TPSA) is 50.3 Å². The van der Waals surface area contributed by atoms with Gasteiger partial charge in [-0.15, -0.1) is 0 Å². The molecule has 1 aromatic heterocycles. The van der Waals surface area contributed by atoms with Gasteiger partial charge in [-0.2, -0.15) is 0 Å². The number of hydrogen-bond acceptors (Lipinski definition) is 5. The second-order valence-electron chi connectivity index (χ2n) is 4.86. The van der Waals surface area contributed by atoms with Gasteiger partial charge in [-0.1, -0.05) is 6.42 Å². The average molecular weight is 250 g/mol. The van der Waals surface area contributed by atoms with E-state index in [4.69, 9.17) is 4.74 Å². The Morgan fingerprint density at radius 3 is 2.94 bits per heavy atom. The van der Waals surface area contributed by atoms with E-state index >= 15 is 0 Å². The van der Waals surface area contributed by atoms with Gasteiger partial charge in [0.05, 0.1) is 7.11 Å². The van der Waals surface area contributed by atoms with Crippen molar-refractivity contribution in [2.45, 2.75) is 31.8 Å². The lowest BCUT2D eigenvalue weighted by molar-refractivity contribution is 0.250. The normalized spacial score (nSPS) is 20.1. The highest BCUT2D eigenvalue weighted by molar-refractivity contribution is 5.16. The van der Waals surface area contributed by atoms with Gasteiger partial charge in [0.15, 0.2) is 0 Å². The molecule has 0 aromatic carbocycles. The molecule has 1 aliphatic rings. The van der Waals surface area contributed by atoms with Crippen LogP contribution in [0.15, 0.2) is 12.4 Å².